The van der Waals surface area contributed by atoms with Gasteiger partial charge in [-0.3, -0.25) is 0 Å². The Balaban J connectivity index is 0.00000289. The number of hydrogen-bond donors (Lipinski definition) is 1. The van der Waals surface area contributed by atoms with Crippen molar-refractivity contribution in [2.45, 2.75) is 13.5 Å². The standard InChI is InChI=1S/C22H26N6O2S.HI/c1-2-29-18-3-5-19(6-4-18)30-20-15-17(7-8-24-20)16-26-21(23)27-10-12-28(13-11-27)22-25-9-14-31-22;/h3-9,14-15H,2,10-13,16H2,1H3,(H2,23,26);1H. The van der Waals surface area contributed by atoms with Crippen molar-refractivity contribution >= 4 is 46.4 Å². The molecule has 1 aliphatic heterocycles. The summed E-state index contributed by atoms with van der Waals surface area (Å²) < 4.78 is 11.3. The van der Waals surface area contributed by atoms with Crippen LogP contribution in [0.4, 0.5) is 5.13 Å². The largest absolute Gasteiger partial charge is 0.494 e. The maximum absolute atomic E-state index is 6.25. The van der Waals surface area contributed by atoms with Crippen molar-refractivity contribution in [3.8, 4) is 17.4 Å². The number of piperazine rings is 1. The van der Waals surface area contributed by atoms with Gasteiger partial charge in [-0.25, -0.2) is 15.0 Å². The molecule has 1 fully saturated rings. The van der Waals surface area contributed by atoms with E-state index in [2.05, 4.69) is 24.8 Å². The van der Waals surface area contributed by atoms with E-state index in [1.54, 1.807) is 17.5 Å². The smallest absolute Gasteiger partial charge is 0.219 e. The lowest BCUT2D eigenvalue weighted by Crippen LogP contribution is -2.51. The zero-order valence-electron chi connectivity index (χ0n) is 17.9. The van der Waals surface area contributed by atoms with Crippen LogP contribution in [-0.2, 0) is 6.54 Å². The molecule has 10 heteroatoms. The summed E-state index contributed by atoms with van der Waals surface area (Å²) in [5.41, 5.74) is 7.23. The molecule has 1 aromatic carbocycles. The van der Waals surface area contributed by atoms with Gasteiger partial charge < -0.3 is 25.0 Å². The molecule has 1 saturated heterocycles. The van der Waals surface area contributed by atoms with E-state index in [-0.39, 0.29) is 24.0 Å². The fourth-order valence-corrected chi connectivity index (χ4v) is 3.96. The number of anilines is 1. The third kappa shape index (κ3) is 6.45. The predicted molar refractivity (Wildman–Crippen MR) is 139 cm³/mol. The molecule has 2 N–H and O–H groups in total. The van der Waals surface area contributed by atoms with Gasteiger partial charge in [-0.1, -0.05) is 0 Å². The van der Waals surface area contributed by atoms with Crippen LogP contribution in [0.2, 0.25) is 0 Å². The number of hydrogen-bond acceptors (Lipinski definition) is 7. The Morgan fingerprint density at radius 3 is 2.50 bits per heavy atom. The highest BCUT2D eigenvalue weighted by atomic mass is 127. The van der Waals surface area contributed by atoms with Gasteiger partial charge in [0.2, 0.25) is 5.88 Å². The number of rotatable bonds is 7. The van der Waals surface area contributed by atoms with E-state index in [1.807, 2.05) is 54.9 Å². The molecule has 32 heavy (non-hydrogen) atoms. The third-order valence-electron chi connectivity index (χ3n) is 4.87. The van der Waals surface area contributed by atoms with Gasteiger partial charge in [-0.2, -0.15) is 0 Å². The fraction of sp³-hybridized carbons (Fsp3) is 0.318. The van der Waals surface area contributed by atoms with Crippen LogP contribution in [-0.4, -0.2) is 53.6 Å². The summed E-state index contributed by atoms with van der Waals surface area (Å²) in [4.78, 5) is 17.6. The maximum atomic E-state index is 6.25. The fourth-order valence-electron chi connectivity index (χ4n) is 3.27. The summed E-state index contributed by atoms with van der Waals surface area (Å²) in [5, 5.41) is 3.06. The first-order chi connectivity index (χ1) is 15.2. The van der Waals surface area contributed by atoms with Crippen molar-refractivity contribution in [2.75, 3.05) is 37.7 Å². The summed E-state index contributed by atoms with van der Waals surface area (Å²) in [6.45, 7) is 6.50. The number of pyridine rings is 1. The molecule has 0 atom stereocenters. The Kier molecular flexibility index (Phi) is 8.91. The second-order valence-electron chi connectivity index (χ2n) is 6.97. The highest BCUT2D eigenvalue weighted by Crippen LogP contribution is 2.23. The molecule has 4 rings (SSSR count). The summed E-state index contributed by atoms with van der Waals surface area (Å²) in [5.74, 6) is 2.60. The molecular weight excluding hydrogens is 539 g/mol. The Hall–Kier alpha value is -2.60. The van der Waals surface area contributed by atoms with Gasteiger partial charge in [0.25, 0.3) is 0 Å². The number of ether oxygens (including phenoxy) is 2. The number of thiazole rings is 1. The van der Waals surface area contributed by atoms with Crippen molar-refractivity contribution in [2.24, 2.45) is 10.7 Å². The maximum Gasteiger partial charge on any atom is 0.219 e. The van der Waals surface area contributed by atoms with Crippen molar-refractivity contribution in [3.05, 3.63) is 59.7 Å². The Morgan fingerprint density at radius 2 is 1.81 bits per heavy atom. The average molecular weight is 566 g/mol. The molecule has 1 aliphatic rings. The first kappa shape index (κ1) is 24.1. The number of nitrogens with two attached hydrogens (primary N) is 1. The van der Waals surface area contributed by atoms with Gasteiger partial charge in [-0.05, 0) is 42.8 Å². The molecule has 0 radical (unpaired) electrons. The van der Waals surface area contributed by atoms with Crippen molar-refractivity contribution in [3.63, 3.8) is 0 Å². The molecule has 0 bridgehead atoms. The molecule has 170 valence electrons. The second kappa shape index (κ2) is 11.9. The molecule has 8 nitrogen and oxygen atoms in total. The van der Waals surface area contributed by atoms with Crippen LogP contribution in [0.5, 0.6) is 17.4 Å². The number of nitrogens with zero attached hydrogens (tertiary/aromatic N) is 5. The van der Waals surface area contributed by atoms with E-state index in [1.165, 1.54) is 0 Å². The van der Waals surface area contributed by atoms with Crippen molar-refractivity contribution < 1.29 is 9.47 Å². The summed E-state index contributed by atoms with van der Waals surface area (Å²) in [6.07, 6.45) is 3.56. The quantitative estimate of drug-likeness (QED) is 0.263. The van der Waals surface area contributed by atoms with Gasteiger partial charge in [0.05, 0.1) is 13.2 Å². The zero-order valence-corrected chi connectivity index (χ0v) is 21.0. The number of aliphatic imine (C=N–C) groups is 1. The van der Waals surface area contributed by atoms with E-state index in [0.29, 0.717) is 30.7 Å². The van der Waals surface area contributed by atoms with Gasteiger partial charge in [-0.15, -0.1) is 35.3 Å². The summed E-state index contributed by atoms with van der Waals surface area (Å²) in [6, 6.07) is 11.3. The Labute approximate surface area is 209 Å². The molecule has 0 spiro atoms. The topological polar surface area (TPSA) is 89.1 Å². The van der Waals surface area contributed by atoms with E-state index in [0.717, 1.165) is 42.6 Å². The number of halogens is 1. The third-order valence-corrected chi connectivity index (χ3v) is 5.71. The minimum atomic E-state index is 0. The average Bonchev–Trinajstić information content (AvgIpc) is 3.34. The highest BCUT2D eigenvalue weighted by molar-refractivity contribution is 14.0. The van der Waals surface area contributed by atoms with E-state index in [9.17, 15) is 0 Å². The van der Waals surface area contributed by atoms with Crippen LogP contribution < -0.4 is 20.1 Å². The van der Waals surface area contributed by atoms with Crippen molar-refractivity contribution in [1.29, 1.82) is 0 Å². The highest BCUT2D eigenvalue weighted by Gasteiger charge is 2.19. The van der Waals surface area contributed by atoms with Crippen LogP contribution in [0, 0.1) is 0 Å². The molecular formula is C22H27IN6O2S. The van der Waals surface area contributed by atoms with Crippen LogP contribution >= 0.6 is 35.3 Å². The first-order valence-corrected chi connectivity index (χ1v) is 11.1. The van der Waals surface area contributed by atoms with E-state index < -0.39 is 0 Å². The molecule has 0 amide bonds. The van der Waals surface area contributed by atoms with E-state index >= 15 is 0 Å². The number of aromatic nitrogens is 2. The number of benzene rings is 1. The molecule has 0 unspecified atom stereocenters. The zero-order chi connectivity index (χ0) is 21.5. The monoisotopic (exact) mass is 566 g/mol. The Morgan fingerprint density at radius 1 is 1.06 bits per heavy atom. The van der Waals surface area contributed by atoms with Crippen LogP contribution in [0.1, 0.15) is 12.5 Å². The van der Waals surface area contributed by atoms with Crippen LogP contribution in [0.25, 0.3) is 0 Å². The van der Waals surface area contributed by atoms with Crippen LogP contribution in [0.15, 0.2) is 59.2 Å². The molecule has 3 aromatic rings. The molecule has 0 aliphatic carbocycles. The second-order valence-corrected chi connectivity index (χ2v) is 7.85. The van der Waals surface area contributed by atoms with Crippen LogP contribution in [0.3, 0.4) is 0 Å². The minimum absolute atomic E-state index is 0. The lowest BCUT2D eigenvalue weighted by Gasteiger charge is -2.35. The molecule has 0 saturated carbocycles. The first-order valence-electron chi connectivity index (χ1n) is 10.3. The van der Waals surface area contributed by atoms with Gasteiger partial charge in [0.1, 0.15) is 11.5 Å². The molecule has 2 aromatic heterocycles. The molecule has 3 heterocycles. The Bertz CT molecular complexity index is 992. The predicted octanol–water partition coefficient (Wildman–Crippen LogP) is 3.98. The van der Waals surface area contributed by atoms with E-state index in [4.69, 9.17) is 15.2 Å². The lowest BCUT2D eigenvalue weighted by atomic mass is 10.2. The van der Waals surface area contributed by atoms with Gasteiger partial charge in [0, 0.05) is 50.0 Å². The summed E-state index contributed by atoms with van der Waals surface area (Å²) in [7, 11) is 0. The number of guanidine groups is 1. The van der Waals surface area contributed by atoms with Gasteiger partial charge in [0.15, 0.2) is 11.1 Å². The summed E-state index contributed by atoms with van der Waals surface area (Å²) >= 11 is 1.66. The normalized spacial score (nSPS) is 14.1. The van der Waals surface area contributed by atoms with Gasteiger partial charge >= 0.3 is 0 Å². The SMILES string of the molecule is CCOc1ccc(Oc2cc(CN=C(N)N3CCN(c4nccs4)CC3)ccn2)cc1.I. The minimum Gasteiger partial charge on any atom is -0.494 e. The lowest BCUT2D eigenvalue weighted by molar-refractivity contribution is 0.339. The van der Waals surface area contributed by atoms with Crippen molar-refractivity contribution in [1.82, 2.24) is 14.9 Å².